The van der Waals surface area contributed by atoms with Crippen LogP contribution >= 0.6 is 0 Å². The minimum Gasteiger partial charge on any atom is -0.487 e. The van der Waals surface area contributed by atoms with E-state index in [-0.39, 0.29) is 17.9 Å². The number of nitrogens with one attached hydrogen (secondary N) is 1. The van der Waals surface area contributed by atoms with Gasteiger partial charge in [0.05, 0.1) is 11.6 Å². The van der Waals surface area contributed by atoms with E-state index in [1.165, 1.54) is 0 Å². The van der Waals surface area contributed by atoms with Crippen LogP contribution in [0.15, 0.2) is 48.8 Å². The van der Waals surface area contributed by atoms with E-state index in [1.54, 1.807) is 29.4 Å². The number of carbonyl (C=O) groups excluding carboxylic acids is 2. The van der Waals surface area contributed by atoms with Crippen LogP contribution in [0.5, 0.6) is 5.75 Å². The molecule has 1 spiro atoms. The summed E-state index contributed by atoms with van der Waals surface area (Å²) in [4.78, 5) is 30.6. The summed E-state index contributed by atoms with van der Waals surface area (Å²) in [5, 5.41) is 3.15. The lowest BCUT2D eigenvalue weighted by atomic mass is 9.82. The van der Waals surface area contributed by atoms with Gasteiger partial charge in [-0.1, -0.05) is 18.2 Å². The molecule has 4 rings (SSSR count). The minimum atomic E-state index is -0.443. The van der Waals surface area contributed by atoms with E-state index >= 15 is 0 Å². The number of hydrogen-bond donors (Lipinski definition) is 1. The highest BCUT2D eigenvalue weighted by molar-refractivity contribution is 5.94. The maximum absolute atomic E-state index is 12.7. The summed E-state index contributed by atoms with van der Waals surface area (Å²) in [6, 6.07) is 11.2. The average molecular weight is 365 g/mol. The molecule has 1 aromatic heterocycles. The van der Waals surface area contributed by atoms with E-state index in [4.69, 9.17) is 4.74 Å². The predicted octanol–water partition coefficient (Wildman–Crippen LogP) is 2.72. The number of hydrogen-bond acceptors (Lipinski definition) is 4. The Morgan fingerprint density at radius 1 is 1.26 bits per heavy atom. The molecule has 1 aromatic carbocycles. The molecule has 2 atom stereocenters. The van der Waals surface area contributed by atoms with Crippen LogP contribution in [0.4, 0.5) is 0 Å². The highest BCUT2D eigenvalue weighted by atomic mass is 16.5. The number of nitrogens with zero attached hydrogens (tertiary/aromatic N) is 2. The van der Waals surface area contributed by atoms with Crippen LogP contribution in [-0.4, -0.2) is 40.9 Å². The number of para-hydroxylation sites is 1. The van der Waals surface area contributed by atoms with Gasteiger partial charge < -0.3 is 15.0 Å². The Morgan fingerprint density at radius 2 is 2.11 bits per heavy atom. The van der Waals surface area contributed by atoms with E-state index in [1.807, 2.05) is 31.3 Å². The first-order valence-corrected chi connectivity index (χ1v) is 9.29. The lowest BCUT2D eigenvalue weighted by molar-refractivity contribution is -0.129. The fourth-order valence-corrected chi connectivity index (χ4v) is 3.94. The molecule has 0 unspecified atom stereocenters. The van der Waals surface area contributed by atoms with Crippen molar-refractivity contribution in [3.05, 3.63) is 59.9 Å². The molecule has 0 bridgehead atoms. The number of amides is 2. The van der Waals surface area contributed by atoms with Crippen LogP contribution in [0.25, 0.3) is 0 Å². The second-order valence-electron chi connectivity index (χ2n) is 7.36. The van der Waals surface area contributed by atoms with Gasteiger partial charge in [-0.2, -0.15) is 0 Å². The van der Waals surface area contributed by atoms with Crippen LogP contribution in [-0.2, 0) is 4.79 Å². The second-order valence-corrected chi connectivity index (χ2v) is 7.36. The molecular formula is C21H23N3O3. The van der Waals surface area contributed by atoms with Gasteiger partial charge in [-0.05, 0) is 24.6 Å². The van der Waals surface area contributed by atoms with Crippen LogP contribution in [0, 0.1) is 0 Å². The molecule has 1 fully saturated rings. The number of rotatable bonds is 2. The first-order chi connectivity index (χ1) is 13.1. The van der Waals surface area contributed by atoms with Gasteiger partial charge in [0.15, 0.2) is 0 Å². The van der Waals surface area contributed by atoms with Crippen LogP contribution < -0.4 is 10.1 Å². The molecule has 2 aliphatic heterocycles. The third kappa shape index (κ3) is 3.52. The molecule has 2 aromatic rings. The Hall–Kier alpha value is -2.89. The van der Waals surface area contributed by atoms with E-state index in [9.17, 15) is 9.59 Å². The van der Waals surface area contributed by atoms with Crippen molar-refractivity contribution in [2.45, 2.75) is 37.3 Å². The van der Waals surface area contributed by atoms with E-state index < -0.39 is 5.60 Å². The van der Waals surface area contributed by atoms with Gasteiger partial charge in [-0.3, -0.25) is 14.6 Å². The van der Waals surface area contributed by atoms with Gasteiger partial charge in [0, 0.05) is 50.8 Å². The standard InChI is InChI=1S/C21H23N3O3/c1-24-12-10-21(9-8-19(24)25)13-17(16-6-2-3-7-18(16)27-21)23-20(26)15-5-4-11-22-14-15/h2-7,11,14,17H,8-10,12-13H2,1H3,(H,23,26)/t17-,21+/m0/s1. The highest BCUT2D eigenvalue weighted by Crippen LogP contribution is 2.44. The van der Waals surface area contributed by atoms with Crippen LogP contribution in [0.2, 0.25) is 0 Å². The molecule has 6 heteroatoms. The fourth-order valence-electron chi connectivity index (χ4n) is 3.94. The minimum absolute atomic E-state index is 0.144. The van der Waals surface area contributed by atoms with Crippen molar-refractivity contribution >= 4 is 11.8 Å². The molecule has 1 saturated heterocycles. The first kappa shape index (κ1) is 17.5. The summed E-state index contributed by atoms with van der Waals surface area (Å²) in [6.45, 7) is 0.657. The molecular weight excluding hydrogens is 342 g/mol. The van der Waals surface area contributed by atoms with Gasteiger partial charge in [0.2, 0.25) is 5.91 Å². The highest BCUT2D eigenvalue weighted by Gasteiger charge is 2.43. The van der Waals surface area contributed by atoms with Crippen molar-refractivity contribution < 1.29 is 14.3 Å². The van der Waals surface area contributed by atoms with Gasteiger partial charge in [-0.15, -0.1) is 0 Å². The molecule has 1 N–H and O–H groups in total. The third-order valence-electron chi connectivity index (χ3n) is 5.55. The van der Waals surface area contributed by atoms with Crippen molar-refractivity contribution in [3.8, 4) is 5.75 Å². The van der Waals surface area contributed by atoms with E-state index in [0.29, 0.717) is 31.4 Å². The lowest BCUT2D eigenvalue weighted by Crippen LogP contribution is -2.45. The summed E-state index contributed by atoms with van der Waals surface area (Å²) in [5.41, 5.74) is 1.07. The number of fused-ring (bicyclic) bond motifs is 1. The van der Waals surface area contributed by atoms with E-state index in [2.05, 4.69) is 10.3 Å². The molecule has 2 aliphatic rings. The number of likely N-dealkylation sites (tertiary alicyclic amines) is 1. The van der Waals surface area contributed by atoms with Crippen molar-refractivity contribution in [2.75, 3.05) is 13.6 Å². The quantitative estimate of drug-likeness (QED) is 0.888. The molecule has 3 heterocycles. The number of carbonyl (C=O) groups is 2. The largest absolute Gasteiger partial charge is 0.487 e. The lowest BCUT2D eigenvalue weighted by Gasteiger charge is -2.42. The normalized spacial score (nSPS) is 24.7. The van der Waals surface area contributed by atoms with Crippen molar-refractivity contribution in [3.63, 3.8) is 0 Å². The van der Waals surface area contributed by atoms with Gasteiger partial charge in [-0.25, -0.2) is 0 Å². The monoisotopic (exact) mass is 365 g/mol. The Labute approximate surface area is 158 Å². The Kier molecular flexibility index (Phi) is 4.56. The number of aromatic nitrogens is 1. The second kappa shape index (κ2) is 7.02. The fraction of sp³-hybridized carbons (Fsp3) is 0.381. The summed E-state index contributed by atoms with van der Waals surface area (Å²) in [5.74, 6) is 0.782. The maximum atomic E-state index is 12.7. The molecule has 2 amide bonds. The zero-order valence-corrected chi connectivity index (χ0v) is 15.4. The van der Waals surface area contributed by atoms with Crippen LogP contribution in [0.1, 0.15) is 47.6 Å². The van der Waals surface area contributed by atoms with Crippen molar-refractivity contribution in [1.82, 2.24) is 15.2 Å². The maximum Gasteiger partial charge on any atom is 0.253 e. The molecule has 27 heavy (non-hydrogen) atoms. The summed E-state index contributed by atoms with van der Waals surface area (Å²) in [7, 11) is 1.83. The van der Waals surface area contributed by atoms with Gasteiger partial charge in [0.25, 0.3) is 5.91 Å². The molecule has 6 nitrogen and oxygen atoms in total. The summed E-state index contributed by atoms with van der Waals surface area (Å²) >= 11 is 0. The molecule has 0 radical (unpaired) electrons. The SMILES string of the molecule is CN1CC[C@]2(CCC1=O)C[C@H](NC(=O)c1cccnc1)c1ccccc1O2. The molecule has 140 valence electrons. The predicted molar refractivity (Wildman–Crippen MR) is 100 cm³/mol. The topological polar surface area (TPSA) is 71.5 Å². The molecule has 0 aliphatic carbocycles. The van der Waals surface area contributed by atoms with Crippen LogP contribution in [0.3, 0.4) is 0 Å². The van der Waals surface area contributed by atoms with Gasteiger partial charge >= 0.3 is 0 Å². The smallest absolute Gasteiger partial charge is 0.253 e. The zero-order chi connectivity index (χ0) is 18.9. The Bertz CT molecular complexity index is 855. The summed E-state index contributed by atoms with van der Waals surface area (Å²) < 4.78 is 6.41. The first-order valence-electron chi connectivity index (χ1n) is 9.29. The van der Waals surface area contributed by atoms with Crippen molar-refractivity contribution in [2.24, 2.45) is 0 Å². The van der Waals surface area contributed by atoms with E-state index in [0.717, 1.165) is 17.7 Å². The zero-order valence-electron chi connectivity index (χ0n) is 15.4. The van der Waals surface area contributed by atoms with Gasteiger partial charge in [0.1, 0.15) is 11.4 Å². The Balaban J connectivity index is 1.62. The van der Waals surface area contributed by atoms with Crippen molar-refractivity contribution in [1.29, 1.82) is 0 Å². The molecule has 0 saturated carbocycles. The average Bonchev–Trinajstić information content (AvgIpc) is 2.83. The number of ether oxygens (including phenoxy) is 1. The summed E-state index contributed by atoms with van der Waals surface area (Å²) in [6.07, 6.45) is 5.73. The number of pyridine rings is 1. The Morgan fingerprint density at radius 3 is 2.93 bits per heavy atom. The third-order valence-corrected chi connectivity index (χ3v) is 5.55. The number of benzene rings is 1.